The van der Waals surface area contributed by atoms with Gasteiger partial charge in [0, 0.05) is 45.3 Å². The second kappa shape index (κ2) is 10.1. The molecule has 2 fully saturated rings. The van der Waals surface area contributed by atoms with Crippen LogP contribution in [-0.4, -0.2) is 74.2 Å². The second-order valence-corrected chi connectivity index (χ2v) is 7.02. The Morgan fingerprint density at radius 1 is 1.17 bits per heavy atom. The van der Waals surface area contributed by atoms with Crippen LogP contribution in [0.3, 0.4) is 0 Å². The lowest BCUT2D eigenvalue weighted by Crippen LogP contribution is -2.43. The number of likely N-dealkylation sites (N-methyl/N-ethyl adjacent to an activating group) is 1. The molecule has 0 radical (unpaired) electrons. The minimum absolute atomic E-state index is 0.767. The molecule has 5 nitrogen and oxygen atoms in total. The maximum absolute atomic E-state index is 4.33. The van der Waals surface area contributed by atoms with Crippen LogP contribution >= 0.6 is 0 Å². The lowest BCUT2D eigenvalue weighted by Gasteiger charge is -2.33. The minimum atomic E-state index is 0.767. The van der Waals surface area contributed by atoms with Crippen molar-refractivity contribution in [3.8, 4) is 0 Å². The third-order valence-electron chi connectivity index (χ3n) is 5.24. The van der Waals surface area contributed by atoms with Gasteiger partial charge in [-0.2, -0.15) is 0 Å². The number of likely N-dealkylation sites (tertiary alicyclic amines) is 1. The molecule has 0 bridgehead atoms. The van der Waals surface area contributed by atoms with Crippen molar-refractivity contribution in [3.05, 3.63) is 0 Å². The molecule has 1 aliphatic carbocycles. The molecule has 1 unspecified atom stereocenters. The van der Waals surface area contributed by atoms with E-state index >= 15 is 0 Å². The molecule has 1 atom stereocenters. The molecule has 0 aromatic rings. The zero-order chi connectivity index (χ0) is 16.5. The number of guanidine groups is 1. The van der Waals surface area contributed by atoms with E-state index in [9.17, 15) is 0 Å². The average molecular weight is 324 g/mol. The summed E-state index contributed by atoms with van der Waals surface area (Å²) in [4.78, 5) is 9.54. The summed E-state index contributed by atoms with van der Waals surface area (Å²) in [7, 11) is 1.86. The monoisotopic (exact) mass is 323 g/mol. The van der Waals surface area contributed by atoms with E-state index < -0.39 is 0 Å². The quantitative estimate of drug-likeness (QED) is 0.386. The molecule has 2 rings (SSSR count). The highest BCUT2D eigenvalue weighted by Crippen LogP contribution is 2.25. The Hall–Kier alpha value is -0.810. The number of aliphatic imine (C=N–C) groups is 1. The molecule has 23 heavy (non-hydrogen) atoms. The highest BCUT2D eigenvalue weighted by atomic mass is 15.2. The van der Waals surface area contributed by atoms with E-state index in [2.05, 4.69) is 39.3 Å². The first-order valence-corrected chi connectivity index (χ1v) is 9.67. The normalized spacial score (nSPS) is 23.3. The maximum atomic E-state index is 4.33. The molecule has 5 heteroatoms. The van der Waals surface area contributed by atoms with Crippen molar-refractivity contribution in [2.45, 2.75) is 64.5 Å². The fraction of sp³-hybridized carbons (Fsp3) is 0.944. The summed E-state index contributed by atoms with van der Waals surface area (Å²) >= 11 is 0. The van der Waals surface area contributed by atoms with Gasteiger partial charge >= 0.3 is 0 Å². The van der Waals surface area contributed by atoms with E-state index in [4.69, 9.17) is 0 Å². The molecule has 1 saturated carbocycles. The van der Waals surface area contributed by atoms with E-state index in [1.54, 1.807) is 0 Å². The van der Waals surface area contributed by atoms with Gasteiger partial charge in [0.1, 0.15) is 0 Å². The fourth-order valence-corrected chi connectivity index (χ4v) is 3.56. The van der Waals surface area contributed by atoms with Crippen LogP contribution in [0.1, 0.15) is 52.4 Å². The summed E-state index contributed by atoms with van der Waals surface area (Å²) in [6, 6.07) is 1.62. The Bertz CT molecular complexity index is 353. The lowest BCUT2D eigenvalue weighted by atomic mass is 10.0. The molecular formula is C18H37N5. The largest absolute Gasteiger partial charge is 0.356 e. The highest BCUT2D eigenvalue weighted by molar-refractivity contribution is 5.79. The summed E-state index contributed by atoms with van der Waals surface area (Å²) in [5.41, 5.74) is 0. The number of nitrogens with one attached hydrogen (secondary N) is 2. The predicted octanol–water partition coefficient (Wildman–Crippen LogP) is 1.90. The van der Waals surface area contributed by atoms with Crippen molar-refractivity contribution < 1.29 is 0 Å². The number of rotatable bonds is 9. The van der Waals surface area contributed by atoms with Crippen LogP contribution in [0.15, 0.2) is 4.99 Å². The van der Waals surface area contributed by atoms with E-state index in [-0.39, 0.29) is 0 Å². The first kappa shape index (κ1) is 18.5. The van der Waals surface area contributed by atoms with E-state index in [0.717, 1.165) is 44.2 Å². The van der Waals surface area contributed by atoms with Gasteiger partial charge in [0.2, 0.25) is 0 Å². The lowest BCUT2D eigenvalue weighted by molar-refractivity contribution is 0.159. The first-order chi connectivity index (χ1) is 11.2. The summed E-state index contributed by atoms with van der Waals surface area (Å²) in [5, 5.41) is 6.90. The number of hydrogen-bond acceptors (Lipinski definition) is 3. The van der Waals surface area contributed by atoms with Gasteiger partial charge in [0.25, 0.3) is 0 Å². The third-order valence-corrected chi connectivity index (χ3v) is 5.24. The van der Waals surface area contributed by atoms with Crippen molar-refractivity contribution in [2.24, 2.45) is 4.99 Å². The van der Waals surface area contributed by atoms with Gasteiger partial charge < -0.3 is 15.5 Å². The third kappa shape index (κ3) is 6.68. The SMILES string of the molecule is CCN(CCNC(=NC)NCCCN1CCCCC1C)C1CC1. The summed E-state index contributed by atoms with van der Waals surface area (Å²) in [6.07, 6.45) is 8.10. The van der Waals surface area contributed by atoms with Crippen molar-refractivity contribution in [2.75, 3.05) is 46.3 Å². The van der Waals surface area contributed by atoms with Crippen molar-refractivity contribution in [1.82, 2.24) is 20.4 Å². The predicted molar refractivity (Wildman–Crippen MR) is 99.1 cm³/mol. The van der Waals surface area contributed by atoms with Crippen molar-refractivity contribution >= 4 is 5.96 Å². The molecule has 0 aromatic carbocycles. The summed E-state index contributed by atoms with van der Waals surface area (Å²) in [5.74, 6) is 0.948. The number of piperidine rings is 1. The van der Waals surface area contributed by atoms with Crippen LogP contribution in [-0.2, 0) is 0 Å². The zero-order valence-corrected chi connectivity index (χ0v) is 15.5. The fourth-order valence-electron chi connectivity index (χ4n) is 3.56. The molecule has 2 N–H and O–H groups in total. The standard InChI is InChI=1S/C18H37N5/c1-4-22(17-9-10-17)15-12-21-18(19-3)20-11-7-14-23-13-6-5-8-16(23)2/h16-17H,4-15H2,1-3H3,(H2,19,20,21). The van der Waals surface area contributed by atoms with Gasteiger partial charge in [-0.3, -0.25) is 9.89 Å². The Morgan fingerprint density at radius 3 is 2.61 bits per heavy atom. The van der Waals surface area contributed by atoms with Crippen LogP contribution in [0.25, 0.3) is 0 Å². The van der Waals surface area contributed by atoms with E-state index in [1.165, 1.54) is 51.6 Å². The van der Waals surface area contributed by atoms with E-state index in [1.807, 2.05) is 7.05 Å². The maximum Gasteiger partial charge on any atom is 0.191 e. The van der Waals surface area contributed by atoms with Crippen LogP contribution in [0.2, 0.25) is 0 Å². The second-order valence-electron chi connectivity index (χ2n) is 7.02. The van der Waals surface area contributed by atoms with Gasteiger partial charge in [0.15, 0.2) is 5.96 Å². The molecular weight excluding hydrogens is 286 g/mol. The Labute approximate surface area is 142 Å². The van der Waals surface area contributed by atoms with Crippen LogP contribution in [0, 0.1) is 0 Å². The zero-order valence-electron chi connectivity index (χ0n) is 15.5. The Kier molecular flexibility index (Phi) is 8.17. The van der Waals surface area contributed by atoms with Crippen molar-refractivity contribution in [3.63, 3.8) is 0 Å². The van der Waals surface area contributed by atoms with Crippen LogP contribution in [0.5, 0.6) is 0 Å². The molecule has 1 saturated heterocycles. The van der Waals surface area contributed by atoms with Gasteiger partial charge in [-0.25, -0.2) is 0 Å². The van der Waals surface area contributed by atoms with Crippen LogP contribution in [0.4, 0.5) is 0 Å². The topological polar surface area (TPSA) is 42.9 Å². The smallest absolute Gasteiger partial charge is 0.191 e. The molecule has 0 amide bonds. The number of nitrogens with zero attached hydrogens (tertiary/aromatic N) is 3. The number of hydrogen-bond donors (Lipinski definition) is 2. The average Bonchev–Trinajstić information content (AvgIpc) is 3.40. The molecule has 1 heterocycles. The first-order valence-electron chi connectivity index (χ1n) is 9.67. The van der Waals surface area contributed by atoms with Gasteiger partial charge in [0.05, 0.1) is 0 Å². The molecule has 0 aromatic heterocycles. The molecule has 2 aliphatic rings. The summed E-state index contributed by atoms with van der Waals surface area (Å²) < 4.78 is 0. The molecule has 1 aliphatic heterocycles. The van der Waals surface area contributed by atoms with Crippen LogP contribution < -0.4 is 10.6 Å². The Morgan fingerprint density at radius 2 is 1.96 bits per heavy atom. The van der Waals surface area contributed by atoms with Gasteiger partial charge in [-0.1, -0.05) is 13.3 Å². The Balaban J connectivity index is 1.54. The van der Waals surface area contributed by atoms with E-state index in [0.29, 0.717) is 0 Å². The highest BCUT2D eigenvalue weighted by Gasteiger charge is 2.27. The minimum Gasteiger partial charge on any atom is -0.356 e. The van der Waals surface area contributed by atoms with Gasteiger partial charge in [-0.05, 0) is 52.1 Å². The van der Waals surface area contributed by atoms with Gasteiger partial charge in [-0.15, -0.1) is 0 Å². The summed E-state index contributed by atoms with van der Waals surface area (Å²) in [6.45, 7) is 11.4. The molecule has 134 valence electrons. The molecule has 0 spiro atoms. The van der Waals surface area contributed by atoms with Crippen molar-refractivity contribution in [1.29, 1.82) is 0 Å².